The largest absolute Gasteiger partial charge is 0.329 e. The number of aryl methyl sites for hydroxylation is 1. The van der Waals surface area contributed by atoms with E-state index in [-0.39, 0.29) is 24.1 Å². The Morgan fingerprint density at radius 1 is 1.25 bits per heavy atom. The summed E-state index contributed by atoms with van der Waals surface area (Å²) >= 11 is 6.14. The van der Waals surface area contributed by atoms with Crippen molar-refractivity contribution < 1.29 is 4.79 Å². The Kier molecular flexibility index (Phi) is 5.95. The van der Waals surface area contributed by atoms with Gasteiger partial charge < -0.3 is 9.88 Å². The van der Waals surface area contributed by atoms with Gasteiger partial charge in [-0.2, -0.15) is 0 Å². The Morgan fingerprint density at radius 3 is 2.71 bits per heavy atom. The number of aromatic amines is 1. The molecule has 0 atom stereocenters. The quantitative estimate of drug-likeness (QED) is 0.653. The van der Waals surface area contributed by atoms with E-state index in [2.05, 4.69) is 9.97 Å². The number of carbonyl (C=O) groups excluding carboxylic acids is 1. The zero-order valence-corrected chi connectivity index (χ0v) is 16.8. The molecule has 0 radical (unpaired) electrons. The van der Waals surface area contributed by atoms with Crippen LogP contribution in [0.3, 0.4) is 0 Å². The van der Waals surface area contributed by atoms with E-state index in [9.17, 15) is 9.59 Å². The Hall–Kier alpha value is -2.92. The lowest BCUT2D eigenvalue weighted by Crippen LogP contribution is -2.36. The van der Waals surface area contributed by atoms with Gasteiger partial charge in [0, 0.05) is 17.1 Å². The number of hydrogen-bond donors (Lipinski definition) is 1. The molecule has 5 nitrogen and oxygen atoms in total. The third-order valence-electron chi connectivity index (χ3n) is 4.50. The fraction of sp³-hybridized carbons (Fsp3) is 0.227. The van der Waals surface area contributed by atoms with Crippen molar-refractivity contribution in [3.8, 4) is 0 Å². The van der Waals surface area contributed by atoms with Crippen LogP contribution in [0.4, 0.5) is 0 Å². The summed E-state index contributed by atoms with van der Waals surface area (Å²) in [5.41, 5.74) is 2.24. The van der Waals surface area contributed by atoms with Crippen molar-refractivity contribution in [2.75, 3.05) is 0 Å². The highest BCUT2D eigenvalue weighted by molar-refractivity contribution is 6.31. The third-order valence-corrected chi connectivity index (χ3v) is 4.91. The predicted molar refractivity (Wildman–Crippen MR) is 113 cm³/mol. The van der Waals surface area contributed by atoms with Gasteiger partial charge in [-0.3, -0.25) is 9.59 Å². The summed E-state index contributed by atoms with van der Waals surface area (Å²) in [4.78, 5) is 33.9. The number of carbonyl (C=O) groups is 1. The molecule has 0 fully saturated rings. The number of nitrogens with zero attached hydrogens (tertiary/aromatic N) is 2. The van der Waals surface area contributed by atoms with Gasteiger partial charge >= 0.3 is 0 Å². The Balaban J connectivity index is 1.83. The van der Waals surface area contributed by atoms with E-state index < -0.39 is 0 Å². The summed E-state index contributed by atoms with van der Waals surface area (Å²) in [7, 11) is 0. The topological polar surface area (TPSA) is 66.1 Å². The molecule has 1 amide bonds. The molecule has 0 aliphatic carbocycles. The van der Waals surface area contributed by atoms with Crippen LogP contribution in [0, 0.1) is 6.92 Å². The van der Waals surface area contributed by atoms with Crippen LogP contribution in [0.2, 0.25) is 5.02 Å². The van der Waals surface area contributed by atoms with Gasteiger partial charge in [0.15, 0.2) is 0 Å². The zero-order chi connectivity index (χ0) is 20.3. The van der Waals surface area contributed by atoms with Crippen LogP contribution < -0.4 is 5.56 Å². The number of aromatic nitrogens is 2. The number of H-pyrrole nitrogens is 1. The molecule has 28 heavy (non-hydrogen) atoms. The lowest BCUT2D eigenvalue weighted by atomic mass is 10.1. The molecular weight excluding hydrogens is 374 g/mol. The molecule has 1 heterocycles. The molecule has 3 aromatic rings. The van der Waals surface area contributed by atoms with Gasteiger partial charge in [-0.05, 0) is 56.2 Å². The molecule has 0 unspecified atom stereocenters. The second-order valence-electron chi connectivity index (χ2n) is 6.93. The van der Waals surface area contributed by atoms with Gasteiger partial charge in [-0.25, -0.2) is 4.98 Å². The van der Waals surface area contributed by atoms with Crippen molar-refractivity contribution in [1.82, 2.24) is 14.9 Å². The Morgan fingerprint density at radius 2 is 2.00 bits per heavy atom. The number of para-hydroxylation sites is 1. The number of fused-ring (bicyclic) bond motifs is 1. The van der Waals surface area contributed by atoms with Gasteiger partial charge in [0.2, 0.25) is 5.91 Å². The Labute approximate surface area is 168 Å². The van der Waals surface area contributed by atoms with E-state index in [4.69, 9.17) is 11.6 Å². The standard InChI is InChI=1S/C22H22ClN3O2/c1-14(2)26(21(27)11-10-16-9-8-15(3)18(23)12-16)13-20-24-19-7-5-4-6-17(19)22(28)25-20/h4-12,14H,13H2,1-3H3,(H,24,25,28)/b11-10+. The van der Waals surface area contributed by atoms with E-state index in [1.807, 2.05) is 45.0 Å². The van der Waals surface area contributed by atoms with Gasteiger partial charge in [-0.1, -0.05) is 35.9 Å². The highest BCUT2D eigenvalue weighted by Gasteiger charge is 2.17. The number of halogens is 1. The third kappa shape index (κ3) is 4.49. The molecule has 2 aromatic carbocycles. The predicted octanol–water partition coefficient (Wildman–Crippen LogP) is 4.34. The molecule has 0 aliphatic rings. The van der Waals surface area contributed by atoms with Crippen LogP contribution in [-0.2, 0) is 11.3 Å². The Bertz CT molecular complexity index is 1100. The second-order valence-corrected chi connectivity index (χ2v) is 7.34. The van der Waals surface area contributed by atoms with E-state index in [0.717, 1.165) is 11.1 Å². The molecule has 1 aromatic heterocycles. The first kappa shape index (κ1) is 19.8. The van der Waals surface area contributed by atoms with Gasteiger partial charge in [0.1, 0.15) is 5.82 Å². The minimum absolute atomic E-state index is 0.0597. The smallest absolute Gasteiger partial charge is 0.258 e. The second kappa shape index (κ2) is 8.40. The maximum atomic E-state index is 12.7. The molecule has 144 valence electrons. The van der Waals surface area contributed by atoms with Crippen LogP contribution in [-0.4, -0.2) is 26.8 Å². The molecule has 1 N–H and O–H groups in total. The molecule has 0 aliphatic heterocycles. The molecular formula is C22H22ClN3O2. The maximum absolute atomic E-state index is 12.7. The van der Waals surface area contributed by atoms with Crippen LogP contribution in [0.1, 0.15) is 30.8 Å². The van der Waals surface area contributed by atoms with Gasteiger partial charge in [-0.15, -0.1) is 0 Å². The summed E-state index contributed by atoms with van der Waals surface area (Å²) in [6, 6.07) is 12.7. The highest BCUT2D eigenvalue weighted by Crippen LogP contribution is 2.18. The number of hydrogen-bond acceptors (Lipinski definition) is 3. The first-order valence-corrected chi connectivity index (χ1v) is 9.45. The van der Waals surface area contributed by atoms with Crippen molar-refractivity contribution in [2.45, 2.75) is 33.4 Å². The molecule has 0 bridgehead atoms. The SMILES string of the molecule is Cc1ccc(/C=C/C(=O)N(Cc2nc3ccccc3c(=O)[nH]2)C(C)C)cc1Cl. The van der Waals surface area contributed by atoms with Gasteiger partial charge in [0.05, 0.1) is 17.4 Å². The fourth-order valence-electron chi connectivity index (χ4n) is 2.86. The maximum Gasteiger partial charge on any atom is 0.258 e. The van der Waals surface area contributed by atoms with E-state index in [1.165, 1.54) is 6.08 Å². The van der Waals surface area contributed by atoms with E-state index in [0.29, 0.717) is 21.7 Å². The lowest BCUT2D eigenvalue weighted by molar-refractivity contribution is -0.128. The van der Waals surface area contributed by atoms with Crippen molar-refractivity contribution in [3.63, 3.8) is 0 Å². The number of amides is 1. The molecule has 0 saturated carbocycles. The zero-order valence-electron chi connectivity index (χ0n) is 16.1. The highest BCUT2D eigenvalue weighted by atomic mass is 35.5. The van der Waals surface area contributed by atoms with Crippen LogP contribution in [0.25, 0.3) is 17.0 Å². The van der Waals surface area contributed by atoms with Crippen molar-refractivity contribution >= 4 is 34.5 Å². The van der Waals surface area contributed by atoms with Crippen LogP contribution >= 0.6 is 11.6 Å². The normalized spacial score (nSPS) is 11.5. The summed E-state index contributed by atoms with van der Waals surface area (Å²) in [6.45, 7) is 6.00. The summed E-state index contributed by atoms with van der Waals surface area (Å²) < 4.78 is 0. The summed E-state index contributed by atoms with van der Waals surface area (Å²) in [5, 5.41) is 1.19. The minimum Gasteiger partial charge on any atom is -0.329 e. The van der Waals surface area contributed by atoms with Crippen LogP contribution in [0.15, 0.2) is 53.3 Å². The fourth-order valence-corrected chi connectivity index (χ4v) is 3.05. The van der Waals surface area contributed by atoms with Crippen LogP contribution in [0.5, 0.6) is 0 Å². The molecule has 0 saturated heterocycles. The van der Waals surface area contributed by atoms with Crippen molar-refractivity contribution in [2.24, 2.45) is 0 Å². The van der Waals surface area contributed by atoms with E-state index >= 15 is 0 Å². The number of rotatable bonds is 5. The van der Waals surface area contributed by atoms with E-state index in [1.54, 1.807) is 29.2 Å². The lowest BCUT2D eigenvalue weighted by Gasteiger charge is -2.25. The van der Waals surface area contributed by atoms with Gasteiger partial charge in [0.25, 0.3) is 5.56 Å². The summed E-state index contributed by atoms with van der Waals surface area (Å²) in [5.74, 6) is 0.292. The van der Waals surface area contributed by atoms with Crippen molar-refractivity contribution in [3.05, 3.63) is 80.9 Å². The monoisotopic (exact) mass is 395 g/mol. The first-order chi connectivity index (χ1) is 13.3. The number of benzene rings is 2. The molecule has 6 heteroatoms. The molecule has 3 rings (SSSR count). The van der Waals surface area contributed by atoms with Crippen molar-refractivity contribution in [1.29, 1.82) is 0 Å². The first-order valence-electron chi connectivity index (χ1n) is 9.08. The molecule has 0 spiro atoms. The number of nitrogens with one attached hydrogen (secondary N) is 1. The average molecular weight is 396 g/mol. The average Bonchev–Trinajstić information content (AvgIpc) is 2.66. The summed E-state index contributed by atoms with van der Waals surface area (Å²) in [6.07, 6.45) is 3.25. The minimum atomic E-state index is -0.207.